The van der Waals surface area contributed by atoms with E-state index < -0.39 is 0 Å². The van der Waals surface area contributed by atoms with Gasteiger partial charge in [0.05, 0.1) is 19.9 Å². The highest BCUT2D eigenvalue weighted by molar-refractivity contribution is 5.90. The van der Waals surface area contributed by atoms with Crippen molar-refractivity contribution in [2.24, 2.45) is 0 Å². The molecular formula is C23H22N4O4. The third-order valence-corrected chi connectivity index (χ3v) is 4.90. The van der Waals surface area contributed by atoms with Crippen molar-refractivity contribution in [2.75, 3.05) is 19.5 Å². The van der Waals surface area contributed by atoms with Crippen molar-refractivity contribution in [3.63, 3.8) is 0 Å². The molecule has 31 heavy (non-hydrogen) atoms. The van der Waals surface area contributed by atoms with Crippen LogP contribution in [0, 0.1) is 6.92 Å². The van der Waals surface area contributed by atoms with Crippen molar-refractivity contribution in [1.82, 2.24) is 14.2 Å². The van der Waals surface area contributed by atoms with Gasteiger partial charge >= 0.3 is 0 Å². The number of fused-ring (bicyclic) bond motifs is 1. The lowest BCUT2D eigenvalue weighted by molar-refractivity contribution is -0.116. The predicted octanol–water partition coefficient (Wildman–Crippen LogP) is 3.13. The molecule has 158 valence electrons. The lowest BCUT2D eigenvalue weighted by atomic mass is 10.1. The number of aryl methyl sites for hydroxylation is 1. The number of anilines is 1. The van der Waals surface area contributed by atoms with Gasteiger partial charge in [0.25, 0.3) is 5.56 Å². The van der Waals surface area contributed by atoms with Crippen LogP contribution in [0.2, 0.25) is 0 Å². The van der Waals surface area contributed by atoms with Gasteiger partial charge in [0.1, 0.15) is 12.1 Å². The topological polar surface area (TPSA) is 86.9 Å². The summed E-state index contributed by atoms with van der Waals surface area (Å²) in [6.45, 7) is 1.85. The van der Waals surface area contributed by atoms with Gasteiger partial charge in [-0.1, -0.05) is 12.1 Å². The molecule has 0 aliphatic rings. The first-order chi connectivity index (χ1) is 15.0. The fourth-order valence-electron chi connectivity index (χ4n) is 3.37. The number of methoxy groups -OCH3 is 2. The van der Waals surface area contributed by atoms with Crippen molar-refractivity contribution >= 4 is 17.1 Å². The largest absolute Gasteiger partial charge is 0.493 e. The van der Waals surface area contributed by atoms with Gasteiger partial charge in [-0.05, 0) is 48.9 Å². The monoisotopic (exact) mass is 418 g/mol. The van der Waals surface area contributed by atoms with Gasteiger partial charge < -0.3 is 19.4 Å². The van der Waals surface area contributed by atoms with Gasteiger partial charge in [-0.3, -0.25) is 9.59 Å². The Balaban J connectivity index is 1.61. The highest BCUT2D eigenvalue weighted by Gasteiger charge is 2.13. The molecule has 0 spiro atoms. The summed E-state index contributed by atoms with van der Waals surface area (Å²) < 4.78 is 13.5. The lowest BCUT2D eigenvalue weighted by Crippen LogP contribution is -2.28. The van der Waals surface area contributed by atoms with Crippen LogP contribution in [-0.2, 0) is 11.3 Å². The maximum Gasteiger partial charge on any atom is 0.277 e. The van der Waals surface area contributed by atoms with Gasteiger partial charge in [-0.25, -0.2) is 4.52 Å². The van der Waals surface area contributed by atoms with Gasteiger partial charge in [-0.15, -0.1) is 0 Å². The van der Waals surface area contributed by atoms with Crippen molar-refractivity contribution in [3.05, 3.63) is 76.8 Å². The fourth-order valence-corrected chi connectivity index (χ4v) is 3.37. The maximum absolute atomic E-state index is 12.9. The Labute approximate surface area is 178 Å². The fraction of sp³-hybridized carbons (Fsp3) is 0.174. The van der Waals surface area contributed by atoms with Crippen molar-refractivity contribution < 1.29 is 14.3 Å². The summed E-state index contributed by atoms with van der Waals surface area (Å²) in [6, 6.07) is 14.6. The Bertz CT molecular complexity index is 1320. The maximum atomic E-state index is 12.9. The Morgan fingerprint density at radius 2 is 1.84 bits per heavy atom. The number of hydrogen-bond acceptors (Lipinski definition) is 5. The van der Waals surface area contributed by atoms with Gasteiger partial charge in [0.2, 0.25) is 5.91 Å². The number of ether oxygens (including phenoxy) is 2. The van der Waals surface area contributed by atoms with Gasteiger partial charge in [0, 0.05) is 23.6 Å². The number of carbonyl (C=O) groups excluding carboxylic acids is 1. The zero-order chi connectivity index (χ0) is 22.0. The van der Waals surface area contributed by atoms with Crippen molar-refractivity contribution in [3.8, 4) is 22.8 Å². The van der Waals surface area contributed by atoms with Gasteiger partial charge in [0.15, 0.2) is 11.5 Å². The molecule has 4 rings (SSSR count). The average Bonchev–Trinajstić information content (AvgIpc) is 3.20. The first kappa shape index (κ1) is 20.2. The number of benzene rings is 2. The summed E-state index contributed by atoms with van der Waals surface area (Å²) in [6.07, 6.45) is 3.21. The number of nitrogens with zero attached hydrogens (tertiary/aromatic N) is 3. The molecule has 8 nitrogen and oxygen atoms in total. The molecule has 2 heterocycles. The Hall–Kier alpha value is -4.07. The molecule has 0 saturated carbocycles. The van der Waals surface area contributed by atoms with Crippen LogP contribution in [0.1, 0.15) is 5.56 Å². The van der Waals surface area contributed by atoms with Crippen molar-refractivity contribution in [1.29, 1.82) is 0 Å². The molecule has 0 aliphatic heterocycles. The number of rotatable bonds is 6. The molecule has 2 aromatic heterocycles. The summed E-state index contributed by atoms with van der Waals surface area (Å²) in [5, 5.41) is 7.29. The third-order valence-electron chi connectivity index (χ3n) is 4.90. The molecule has 1 N–H and O–H groups in total. The molecule has 0 unspecified atom stereocenters. The molecule has 0 radical (unpaired) electrons. The first-order valence-corrected chi connectivity index (χ1v) is 9.66. The van der Waals surface area contributed by atoms with Gasteiger partial charge in [-0.2, -0.15) is 5.10 Å². The average molecular weight is 418 g/mol. The molecule has 4 aromatic rings. The smallest absolute Gasteiger partial charge is 0.277 e. The van der Waals surface area contributed by atoms with E-state index in [-0.39, 0.29) is 18.0 Å². The molecule has 0 atom stereocenters. The van der Waals surface area contributed by atoms with Crippen LogP contribution in [0.3, 0.4) is 0 Å². The Kier molecular flexibility index (Phi) is 5.44. The van der Waals surface area contributed by atoms with Crippen molar-refractivity contribution in [2.45, 2.75) is 13.5 Å². The molecular weight excluding hydrogens is 396 g/mol. The third kappa shape index (κ3) is 4.13. The molecule has 0 saturated heterocycles. The molecule has 8 heteroatoms. The molecule has 1 amide bonds. The van der Waals surface area contributed by atoms with Crippen LogP contribution in [-0.4, -0.2) is 34.3 Å². The molecule has 2 aromatic carbocycles. The van der Waals surface area contributed by atoms with E-state index in [1.54, 1.807) is 44.8 Å². The highest BCUT2D eigenvalue weighted by Crippen LogP contribution is 2.31. The number of hydrogen-bond donors (Lipinski definition) is 1. The number of amides is 1. The van der Waals surface area contributed by atoms with Crippen LogP contribution in [0.15, 0.2) is 65.7 Å². The van der Waals surface area contributed by atoms with E-state index in [4.69, 9.17) is 9.47 Å². The van der Waals surface area contributed by atoms with E-state index in [1.165, 1.54) is 9.08 Å². The minimum atomic E-state index is -0.305. The van der Waals surface area contributed by atoms with Crippen LogP contribution in [0.4, 0.5) is 5.69 Å². The summed E-state index contributed by atoms with van der Waals surface area (Å²) in [4.78, 5) is 25.3. The summed E-state index contributed by atoms with van der Waals surface area (Å²) >= 11 is 0. The number of nitrogens with one attached hydrogen (secondary N) is 1. The second-order valence-electron chi connectivity index (χ2n) is 7.08. The minimum Gasteiger partial charge on any atom is -0.493 e. The quantitative estimate of drug-likeness (QED) is 0.520. The molecule has 0 fully saturated rings. The van der Waals surface area contributed by atoms with Crippen LogP contribution in [0.25, 0.3) is 16.8 Å². The van der Waals surface area contributed by atoms with E-state index in [9.17, 15) is 9.59 Å². The van der Waals surface area contributed by atoms with E-state index in [1.807, 2.05) is 37.3 Å². The van der Waals surface area contributed by atoms with E-state index >= 15 is 0 Å². The Morgan fingerprint density at radius 3 is 2.58 bits per heavy atom. The summed E-state index contributed by atoms with van der Waals surface area (Å²) in [7, 11) is 3.13. The standard InChI is InChI=1S/C23H22N4O4/c1-15-5-4-6-17(11-15)24-22(28)14-26-9-10-27-19(23(26)29)13-18(25-27)16-7-8-20(30-2)21(12-16)31-3/h4-13H,14H2,1-3H3,(H,24,28). The predicted molar refractivity (Wildman–Crippen MR) is 118 cm³/mol. The second kappa shape index (κ2) is 8.35. The van der Waals surface area contributed by atoms with E-state index in [0.717, 1.165) is 11.1 Å². The summed E-state index contributed by atoms with van der Waals surface area (Å²) in [5.41, 5.74) is 3.19. The second-order valence-corrected chi connectivity index (χ2v) is 7.08. The van der Waals surface area contributed by atoms with Crippen LogP contribution >= 0.6 is 0 Å². The lowest BCUT2D eigenvalue weighted by Gasteiger charge is -2.08. The summed E-state index contributed by atoms with van der Waals surface area (Å²) in [5.74, 6) is 0.899. The Morgan fingerprint density at radius 1 is 1.03 bits per heavy atom. The van der Waals surface area contributed by atoms with Crippen LogP contribution < -0.4 is 20.3 Å². The highest BCUT2D eigenvalue weighted by atomic mass is 16.5. The normalized spacial score (nSPS) is 10.8. The zero-order valence-corrected chi connectivity index (χ0v) is 17.5. The SMILES string of the molecule is COc1ccc(-c2cc3c(=O)n(CC(=O)Nc4cccc(C)c4)ccn3n2)cc1OC. The first-order valence-electron chi connectivity index (χ1n) is 9.66. The van der Waals surface area contributed by atoms with E-state index in [2.05, 4.69) is 10.4 Å². The van der Waals surface area contributed by atoms with E-state index in [0.29, 0.717) is 28.4 Å². The molecule has 0 aliphatic carbocycles. The number of carbonyl (C=O) groups is 1. The minimum absolute atomic E-state index is 0.0971. The zero-order valence-electron chi connectivity index (χ0n) is 17.5. The van der Waals surface area contributed by atoms with Crippen LogP contribution in [0.5, 0.6) is 11.5 Å². The number of aromatic nitrogens is 3. The molecule has 0 bridgehead atoms.